The number of aryl methyl sites for hydroxylation is 4. The minimum atomic E-state index is -0.965. The molecule has 2 heteroatoms. The number of benzene rings is 4. The molecule has 0 heterocycles. The Kier molecular flexibility index (Phi) is 5.20. The second kappa shape index (κ2) is 7.78. The van der Waals surface area contributed by atoms with Crippen LogP contribution in [0.1, 0.15) is 22.3 Å². The van der Waals surface area contributed by atoms with E-state index >= 15 is 0 Å². The summed E-state index contributed by atoms with van der Waals surface area (Å²) in [4.78, 5) is 0. The number of hydrogen-bond acceptors (Lipinski definition) is 1. The SMILES string of the molecule is Cc1cc(C)cc(P(Oc2cccc3ccccc23)c2cc(C)cc(C)c2)c1. The predicted molar refractivity (Wildman–Crippen MR) is 123 cm³/mol. The van der Waals surface area contributed by atoms with Gasteiger partial charge in [0.25, 0.3) is 0 Å². The van der Waals surface area contributed by atoms with E-state index in [1.807, 2.05) is 0 Å². The highest BCUT2D eigenvalue weighted by molar-refractivity contribution is 7.68. The Morgan fingerprint density at radius 1 is 0.571 bits per heavy atom. The van der Waals surface area contributed by atoms with Crippen LogP contribution in [0.4, 0.5) is 0 Å². The van der Waals surface area contributed by atoms with Crippen molar-refractivity contribution in [1.29, 1.82) is 0 Å². The molecule has 28 heavy (non-hydrogen) atoms. The molecule has 0 aromatic heterocycles. The average molecular weight is 384 g/mol. The minimum absolute atomic E-state index is 0.947. The van der Waals surface area contributed by atoms with Crippen molar-refractivity contribution in [3.63, 3.8) is 0 Å². The molecule has 140 valence electrons. The molecule has 0 bridgehead atoms. The smallest absolute Gasteiger partial charge is 0.150 e. The first kappa shape index (κ1) is 18.7. The van der Waals surface area contributed by atoms with Gasteiger partial charge in [-0.25, -0.2) is 0 Å². The van der Waals surface area contributed by atoms with Gasteiger partial charge in [0, 0.05) is 16.0 Å². The third-order valence-electron chi connectivity index (χ3n) is 4.82. The lowest BCUT2D eigenvalue weighted by Crippen LogP contribution is -2.17. The lowest BCUT2D eigenvalue weighted by Gasteiger charge is -2.22. The van der Waals surface area contributed by atoms with Gasteiger partial charge in [-0.3, -0.25) is 0 Å². The van der Waals surface area contributed by atoms with Gasteiger partial charge >= 0.3 is 0 Å². The average Bonchev–Trinajstić information content (AvgIpc) is 2.64. The molecule has 0 atom stereocenters. The van der Waals surface area contributed by atoms with Gasteiger partial charge in [0.1, 0.15) is 5.75 Å². The molecule has 0 aliphatic heterocycles. The Balaban J connectivity index is 1.87. The van der Waals surface area contributed by atoms with E-state index in [0.717, 1.165) is 11.1 Å². The molecule has 0 saturated heterocycles. The number of hydrogen-bond donors (Lipinski definition) is 0. The van der Waals surface area contributed by atoms with Crippen molar-refractivity contribution in [2.45, 2.75) is 27.7 Å². The van der Waals surface area contributed by atoms with Crippen molar-refractivity contribution >= 4 is 29.5 Å². The zero-order chi connectivity index (χ0) is 19.7. The summed E-state index contributed by atoms with van der Waals surface area (Å²) in [5.74, 6) is 0.947. The second-order valence-corrected chi connectivity index (χ2v) is 9.36. The van der Waals surface area contributed by atoms with Gasteiger partial charge in [-0.1, -0.05) is 70.8 Å². The fraction of sp³-hybridized carbons (Fsp3) is 0.154. The van der Waals surface area contributed by atoms with Crippen molar-refractivity contribution in [2.75, 3.05) is 0 Å². The molecule has 4 rings (SSSR count). The fourth-order valence-electron chi connectivity index (χ4n) is 3.76. The van der Waals surface area contributed by atoms with E-state index in [0.29, 0.717) is 0 Å². The van der Waals surface area contributed by atoms with E-state index in [9.17, 15) is 0 Å². The van der Waals surface area contributed by atoms with Crippen LogP contribution in [0.5, 0.6) is 5.75 Å². The first-order chi connectivity index (χ1) is 13.5. The number of rotatable bonds is 4. The Bertz CT molecular complexity index is 1050. The van der Waals surface area contributed by atoms with E-state index in [4.69, 9.17) is 4.52 Å². The zero-order valence-corrected chi connectivity index (χ0v) is 17.8. The lowest BCUT2D eigenvalue weighted by molar-refractivity contribution is 0.637. The van der Waals surface area contributed by atoms with Crippen LogP contribution in [0.15, 0.2) is 78.9 Å². The van der Waals surface area contributed by atoms with E-state index in [1.54, 1.807) is 0 Å². The van der Waals surface area contributed by atoms with Crippen LogP contribution >= 0.6 is 8.15 Å². The van der Waals surface area contributed by atoms with Crippen LogP contribution < -0.4 is 15.1 Å². The molecular formula is C26H25OP. The van der Waals surface area contributed by atoms with Crippen LogP contribution in [-0.2, 0) is 0 Å². The molecule has 0 spiro atoms. The molecule has 0 aliphatic rings. The van der Waals surface area contributed by atoms with Crippen LogP contribution in [0.25, 0.3) is 10.8 Å². The quantitative estimate of drug-likeness (QED) is 0.365. The summed E-state index contributed by atoms with van der Waals surface area (Å²) in [6, 6.07) is 28.2. The normalized spacial score (nSPS) is 11.2. The van der Waals surface area contributed by atoms with Gasteiger partial charge in [0.15, 0.2) is 8.15 Å². The maximum Gasteiger partial charge on any atom is 0.150 e. The third-order valence-corrected chi connectivity index (χ3v) is 6.65. The lowest BCUT2D eigenvalue weighted by atomic mass is 10.1. The maximum atomic E-state index is 6.78. The van der Waals surface area contributed by atoms with E-state index in [2.05, 4.69) is 107 Å². The molecule has 0 saturated carbocycles. The molecule has 0 N–H and O–H groups in total. The van der Waals surface area contributed by atoms with Crippen LogP contribution in [0, 0.1) is 27.7 Å². The highest BCUT2D eigenvalue weighted by Crippen LogP contribution is 2.40. The predicted octanol–water partition coefficient (Wildman–Crippen LogP) is 6.50. The van der Waals surface area contributed by atoms with Crippen molar-refractivity contribution < 1.29 is 4.52 Å². The molecule has 0 aliphatic carbocycles. The molecule has 0 amide bonds. The zero-order valence-electron chi connectivity index (χ0n) is 16.9. The van der Waals surface area contributed by atoms with Crippen molar-refractivity contribution in [1.82, 2.24) is 0 Å². The Morgan fingerprint density at radius 3 is 1.64 bits per heavy atom. The van der Waals surface area contributed by atoms with Crippen LogP contribution in [-0.4, -0.2) is 0 Å². The first-order valence-electron chi connectivity index (χ1n) is 9.62. The molecule has 0 fully saturated rings. The Labute approximate surface area is 168 Å². The largest absolute Gasteiger partial charge is 0.464 e. The molecule has 4 aromatic carbocycles. The van der Waals surface area contributed by atoms with Gasteiger partial charge in [-0.2, -0.15) is 0 Å². The van der Waals surface area contributed by atoms with Crippen molar-refractivity contribution in [2.24, 2.45) is 0 Å². The summed E-state index contributed by atoms with van der Waals surface area (Å²) in [6.07, 6.45) is 0. The van der Waals surface area contributed by atoms with E-state index in [1.165, 1.54) is 38.2 Å². The maximum absolute atomic E-state index is 6.78. The van der Waals surface area contributed by atoms with Crippen molar-refractivity contribution in [3.8, 4) is 5.75 Å². The van der Waals surface area contributed by atoms with Gasteiger partial charge in [-0.05, 0) is 63.4 Å². The summed E-state index contributed by atoms with van der Waals surface area (Å²) >= 11 is 0. The topological polar surface area (TPSA) is 9.23 Å². The summed E-state index contributed by atoms with van der Waals surface area (Å²) in [6.45, 7) is 8.62. The van der Waals surface area contributed by atoms with E-state index < -0.39 is 8.15 Å². The molecule has 0 radical (unpaired) electrons. The molecule has 4 aromatic rings. The standard InChI is InChI=1S/C26H25OP/c1-18-12-19(2)15-23(14-18)28(24-16-20(3)13-21(4)17-24)27-26-11-7-9-22-8-5-6-10-25(22)26/h5-17H,1-4H3. The van der Waals surface area contributed by atoms with Gasteiger partial charge < -0.3 is 4.52 Å². The first-order valence-corrected chi connectivity index (χ1v) is 10.9. The third kappa shape index (κ3) is 3.96. The fourth-order valence-corrected chi connectivity index (χ4v) is 5.91. The molecule has 0 unspecified atom stereocenters. The monoisotopic (exact) mass is 384 g/mol. The molecule has 1 nitrogen and oxygen atoms in total. The van der Waals surface area contributed by atoms with Gasteiger partial charge in [0.05, 0.1) is 0 Å². The summed E-state index contributed by atoms with van der Waals surface area (Å²) in [5.41, 5.74) is 5.09. The van der Waals surface area contributed by atoms with Gasteiger partial charge in [-0.15, -0.1) is 0 Å². The second-order valence-electron chi connectivity index (χ2n) is 7.55. The van der Waals surface area contributed by atoms with E-state index in [-0.39, 0.29) is 0 Å². The summed E-state index contributed by atoms with van der Waals surface area (Å²) in [5, 5.41) is 4.87. The highest BCUT2D eigenvalue weighted by atomic mass is 31.1. The van der Waals surface area contributed by atoms with Crippen LogP contribution in [0.2, 0.25) is 0 Å². The molecular weight excluding hydrogens is 359 g/mol. The summed E-state index contributed by atoms with van der Waals surface area (Å²) < 4.78 is 6.78. The number of fused-ring (bicyclic) bond motifs is 1. The minimum Gasteiger partial charge on any atom is -0.464 e. The highest BCUT2D eigenvalue weighted by Gasteiger charge is 2.20. The summed E-state index contributed by atoms with van der Waals surface area (Å²) in [7, 11) is -0.965. The van der Waals surface area contributed by atoms with Crippen molar-refractivity contribution in [3.05, 3.63) is 101 Å². The van der Waals surface area contributed by atoms with Crippen LogP contribution in [0.3, 0.4) is 0 Å². The Morgan fingerprint density at radius 2 is 1.07 bits per heavy atom. The van der Waals surface area contributed by atoms with Gasteiger partial charge in [0.2, 0.25) is 0 Å². The Hall–Kier alpha value is -2.63.